The van der Waals surface area contributed by atoms with E-state index in [2.05, 4.69) is 5.32 Å². The van der Waals surface area contributed by atoms with E-state index in [4.69, 9.17) is 10.5 Å². The highest BCUT2D eigenvalue weighted by Gasteiger charge is 2.23. The van der Waals surface area contributed by atoms with E-state index in [0.29, 0.717) is 5.69 Å². The van der Waals surface area contributed by atoms with Gasteiger partial charge in [-0.2, -0.15) is 0 Å². The number of urea groups is 1. The number of hydrogen-bond acceptors (Lipinski definition) is 6. The second-order valence-electron chi connectivity index (χ2n) is 4.94. The van der Waals surface area contributed by atoms with Crippen LogP contribution in [-0.2, 0) is 19.1 Å². The van der Waals surface area contributed by atoms with Crippen LogP contribution in [0.2, 0.25) is 0 Å². The summed E-state index contributed by atoms with van der Waals surface area (Å²) in [6.07, 6.45) is -1.20. The van der Waals surface area contributed by atoms with E-state index < -0.39 is 35.1 Å². The molecule has 0 bridgehead atoms. The number of nitrogens with one attached hydrogen (secondary N) is 2. The third-order valence-corrected chi connectivity index (χ3v) is 3.95. The Morgan fingerprint density at radius 2 is 1.80 bits per heavy atom. The standard InChI is InChI=1S/C15H18FN3O5S/c1-8(13(21)19-15(17)23)24-14(22)9(2)25-7-12(20)18-11-5-3-10(16)4-6-11/h3-6,8-9H,7H2,1-2H3,(H,18,20)(H3,17,19,21,23). The average molecular weight is 371 g/mol. The minimum absolute atomic E-state index is 0.0461. The van der Waals surface area contributed by atoms with E-state index in [-0.39, 0.29) is 11.7 Å². The van der Waals surface area contributed by atoms with Gasteiger partial charge in [-0.1, -0.05) is 0 Å². The van der Waals surface area contributed by atoms with Crippen LogP contribution in [0.1, 0.15) is 13.8 Å². The van der Waals surface area contributed by atoms with Gasteiger partial charge in [0.05, 0.1) is 5.75 Å². The van der Waals surface area contributed by atoms with Crippen molar-refractivity contribution >= 4 is 41.3 Å². The number of hydrogen-bond donors (Lipinski definition) is 3. The summed E-state index contributed by atoms with van der Waals surface area (Å²) in [4.78, 5) is 45.6. The normalized spacial score (nSPS) is 12.6. The monoisotopic (exact) mass is 371 g/mol. The number of anilines is 1. The first-order chi connectivity index (χ1) is 11.7. The maximum absolute atomic E-state index is 12.8. The van der Waals surface area contributed by atoms with Gasteiger partial charge < -0.3 is 15.8 Å². The van der Waals surface area contributed by atoms with Gasteiger partial charge in [-0.25, -0.2) is 9.18 Å². The number of benzene rings is 1. The number of amides is 4. The molecule has 0 spiro atoms. The Morgan fingerprint density at radius 1 is 1.20 bits per heavy atom. The second kappa shape index (κ2) is 9.62. The Bertz CT molecular complexity index is 653. The van der Waals surface area contributed by atoms with Crippen LogP contribution < -0.4 is 16.4 Å². The molecule has 4 N–H and O–H groups in total. The molecule has 4 amide bonds. The Morgan fingerprint density at radius 3 is 2.36 bits per heavy atom. The van der Waals surface area contributed by atoms with Gasteiger partial charge in [-0.15, -0.1) is 11.8 Å². The van der Waals surface area contributed by atoms with Crippen molar-refractivity contribution < 1.29 is 28.3 Å². The maximum atomic E-state index is 12.8. The lowest BCUT2D eigenvalue weighted by molar-refractivity contribution is -0.153. The van der Waals surface area contributed by atoms with Gasteiger partial charge in [0.25, 0.3) is 5.91 Å². The Labute approximate surface area is 147 Å². The lowest BCUT2D eigenvalue weighted by Crippen LogP contribution is -2.42. The molecule has 0 fully saturated rings. The van der Waals surface area contributed by atoms with Gasteiger partial charge in [-0.05, 0) is 38.1 Å². The molecule has 2 unspecified atom stereocenters. The predicted molar refractivity (Wildman–Crippen MR) is 90.2 cm³/mol. The largest absolute Gasteiger partial charge is 0.452 e. The van der Waals surface area contributed by atoms with Crippen LogP contribution in [0.5, 0.6) is 0 Å². The summed E-state index contributed by atoms with van der Waals surface area (Å²) in [5, 5.41) is 3.62. The molecule has 0 aliphatic carbocycles. The molecule has 1 aromatic rings. The number of carbonyl (C=O) groups is 4. The summed E-state index contributed by atoms with van der Waals surface area (Å²) in [5.41, 5.74) is 5.22. The SMILES string of the molecule is CC(OC(=O)C(C)SCC(=O)Nc1ccc(F)cc1)C(=O)NC(N)=O. The fraction of sp³-hybridized carbons (Fsp3) is 0.333. The summed E-state index contributed by atoms with van der Waals surface area (Å²) < 4.78 is 17.7. The first-order valence-electron chi connectivity index (χ1n) is 7.17. The zero-order valence-corrected chi connectivity index (χ0v) is 14.4. The van der Waals surface area contributed by atoms with E-state index in [9.17, 15) is 23.6 Å². The Hall–Kier alpha value is -2.62. The fourth-order valence-electron chi connectivity index (χ4n) is 1.55. The molecule has 0 aromatic heterocycles. The Balaban J connectivity index is 2.39. The summed E-state index contributed by atoms with van der Waals surface area (Å²) in [5.74, 6) is -2.40. The lowest BCUT2D eigenvalue weighted by atomic mass is 10.3. The van der Waals surface area contributed by atoms with Crippen molar-refractivity contribution in [2.75, 3.05) is 11.1 Å². The number of rotatable bonds is 7. The topological polar surface area (TPSA) is 128 Å². The van der Waals surface area contributed by atoms with Crippen molar-refractivity contribution in [1.82, 2.24) is 5.32 Å². The molecule has 0 saturated heterocycles. The minimum Gasteiger partial charge on any atom is -0.452 e. The number of imide groups is 1. The van der Waals surface area contributed by atoms with Gasteiger partial charge in [-0.3, -0.25) is 19.7 Å². The maximum Gasteiger partial charge on any atom is 0.319 e. The van der Waals surface area contributed by atoms with Crippen LogP contribution in [0, 0.1) is 5.82 Å². The average Bonchev–Trinajstić information content (AvgIpc) is 2.54. The van der Waals surface area contributed by atoms with E-state index in [0.717, 1.165) is 11.8 Å². The van der Waals surface area contributed by atoms with E-state index in [1.807, 2.05) is 0 Å². The quantitative estimate of drug-likeness (QED) is 0.614. The molecular formula is C15H18FN3O5S. The number of carbonyl (C=O) groups excluding carboxylic acids is 4. The highest BCUT2D eigenvalue weighted by atomic mass is 32.2. The molecule has 136 valence electrons. The van der Waals surface area contributed by atoms with Gasteiger partial charge in [0.1, 0.15) is 11.1 Å². The molecule has 1 rings (SSSR count). The summed E-state index contributed by atoms with van der Waals surface area (Å²) in [6.45, 7) is 2.80. The Kier molecular flexibility index (Phi) is 7.86. The van der Waals surface area contributed by atoms with Crippen LogP contribution in [-0.4, -0.2) is 40.9 Å². The van der Waals surface area contributed by atoms with Crippen molar-refractivity contribution in [3.8, 4) is 0 Å². The number of nitrogens with two attached hydrogens (primary N) is 1. The van der Waals surface area contributed by atoms with Crippen LogP contribution >= 0.6 is 11.8 Å². The van der Waals surface area contributed by atoms with Gasteiger partial charge in [0.2, 0.25) is 5.91 Å². The molecular weight excluding hydrogens is 353 g/mol. The van der Waals surface area contributed by atoms with Crippen LogP contribution in [0.4, 0.5) is 14.9 Å². The fourth-order valence-corrected chi connectivity index (χ4v) is 2.21. The first kappa shape index (κ1) is 20.4. The van der Waals surface area contributed by atoms with Gasteiger partial charge >= 0.3 is 12.0 Å². The third kappa shape index (κ3) is 7.66. The summed E-state index contributed by atoms with van der Waals surface area (Å²) in [7, 11) is 0. The van der Waals surface area contributed by atoms with E-state index in [1.165, 1.54) is 38.1 Å². The molecule has 1 aromatic carbocycles. The minimum atomic E-state index is -1.20. The smallest absolute Gasteiger partial charge is 0.319 e. The van der Waals surface area contributed by atoms with Crippen LogP contribution in [0.3, 0.4) is 0 Å². The highest BCUT2D eigenvalue weighted by molar-refractivity contribution is 8.01. The molecule has 10 heteroatoms. The highest BCUT2D eigenvalue weighted by Crippen LogP contribution is 2.15. The summed E-state index contributed by atoms with van der Waals surface area (Å²) >= 11 is 0.999. The number of esters is 1. The van der Waals surface area contributed by atoms with Gasteiger partial charge in [0.15, 0.2) is 6.10 Å². The van der Waals surface area contributed by atoms with Gasteiger partial charge in [0, 0.05) is 5.69 Å². The molecule has 2 atom stereocenters. The van der Waals surface area contributed by atoms with E-state index in [1.54, 1.807) is 5.32 Å². The molecule has 0 saturated carbocycles. The van der Waals surface area contributed by atoms with Crippen molar-refractivity contribution in [2.45, 2.75) is 25.2 Å². The predicted octanol–water partition coefficient (Wildman–Crippen LogP) is 1.01. The molecule has 8 nitrogen and oxygen atoms in total. The zero-order valence-electron chi connectivity index (χ0n) is 13.6. The van der Waals surface area contributed by atoms with Crippen LogP contribution in [0.15, 0.2) is 24.3 Å². The van der Waals surface area contributed by atoms with Crippen LogP contribution in [0.25, 0.3) is 0 Å². The third-order valence-electron chi connectivity index (χ3n) is 2.83. The first-order valence-corrected chi connectivity index (χ1v) is 8.21. The van der Waals surface area contributed by atoms with Crippen molar-refractivity contribution in [3.63, 3.8) is 0 Å². The number of primary amides is 1. The van der Waals surface area contributed by atoms with Crippen molar-refractivity contribution in [3.05, 3.63) is 30.1 Å². The lowest BCUT2D eigenvalue weighted by Gasteiger charge is -2.15. The number of halogens is 1. The summed E-state index contributed by atoms with van der Waals surface area (Å²) in [6, 6.07) is 4.19. The van der Waals surface area contributed by atoms with E-state index >= 15 is 0 Å². The molecule has 0 radical (unpaired) electrons. The number of thioether (sulfide) groups is 1. The molecule has 25 heavy (non-hydrogen) atoms. The number of ether oxygens (including phenoxy) is 1. The molecule has 0 aliphatic heterocycles. The molecule has 0 heterocycles. The van der Waals surface area contributed by atoms with Crippen molar-refractivity contribution in [1.29, 1.82) is 0 Å². The second-order valence-corrected chi connectivity index (χ2v) is 6.27. The molecule has 0 aliphatic rings. The zero-order chi connectivity index (χ0) is 19.0. The van der Waals surface area contributed by atoms with Crippen molar-refractivity contribution in [2.24, 2.45) is 5.73 Å².